The van der Waals surface area contributed by atoms with Crippen molar-refractivity contribution in [3.05, 3.63) is 65.9 Å². The molecule has 0 radical (unpaired) electrons. The molecule has 0 bridgehead atoms. The van der Waals surface area contributed by atoms with Gasteiger partial charge in [-0.2, -0.15) is 0 Å². The maximum Gasteiger partial charge on any atom is 0.323 e. The van der Waals surface area contributed by atoms with E-state index in [2.05, 4.69) is 25.8 Å². The maximum absolute atomic E-state index is 12.8. The van der Waals surface area contributed by atoms with Gasteiger partial charge in [0, 0.05) is 26.2 Å². The number of aryl methyl sites for hydroxylation is 2. The summed E-state index contributed by atoms with van der Waals surface area (Å²) < 4.78 is 10.7. The van der Waals surface area contributed by atoms with Crippen molar-refractivity contribution in [2.45, 2.75) is 13.8 Å². The van der Waals surface area contributed by atoms with Gasteiger partial charge in [0.1, 0.15) is 17.3 Å². The van der Waals surface area contributed by atoms with E-state index in [-0.39, 0.29) is 12.1 Å². The minimum absolute atomic E-state index is 0.156. The summed E-state index contributed by atoms with van der Waals surface area (Å²) in [7, 11) is 3.15. The molecular weight excluding hydrogens is 472 g/mol. The summed E-state index contributed by atoms with van der Waals surface area (Å²) in [6.45, 7) is 6.28. The van der Waals surface area contributed by atoms with Crippen LogP contribution in [0.5, 0.6) is 11.5 Å². The lowest BCUT2D eigenvalue weighted by Crippen LogP contribution is -2.50. The molecule has 0 aliphatic carbocycles. The molecule has 0 spiro atoms. The van der Waals surface area contributed by atoms with Gasteiger partial charge in [-0.05, 0) is 55.3 Å². The Morgan fingerprint density at radius 3 is 2.30 bits per heavy atom. The zero-order valence-electron chi connectivity index (χ0n) is 21.5. The number of hydrogen-bond acceptors (Lipinski definition) is 6. The Bertz CT molecular complexity index is 1260. The number of piperazine rings is 1. The number of pyridine rings is 1. The third kappa shape index (κ3) is 6.21. The zero-order valence-corrected chi connectivity index (χ0v) is 21.5. The molecule has 1 fully saturated rings. The van der Waals surface area contributed by atoms with Crippen LogP contribution in [0.15, 0.2) is 54.7 Å². The molecule has 10 heteroatoms. The van der Waals surface area contributed by atoms with Crippen molar-refractivity contribution in [3.8, 4) is 11.5 Å². The SMILES string of the molecule is COc1ccc(C)cc1NC(=O)Nc1ccc(N2CCN(C(=O)Nc3c(C)cccc3OC)CC2)nc1. The molecule has 1 aliphatic rings. The second kappa shape index (κ2) is 11.5. The number of amides is 4. The lowest BCUT2D eigenvalue weighted by molar-refractivity contribution is 0.208. The number of ether oxygens (including phenoxy) is 2. The summed E-state index contributed by atoms with van der Waals surface area (Å²) in [6.07, 6.45) is 1.62. The molecule has 3 aromatic rings. The van der Waals surface area contributed by atoms with E-state index in [1.54, 1.807) is 31.4 Å². The number of anilines is 4. The highest BCUT2D eigenvalue weighted by Crippen LogP contribution is 2.28. The number of urea groups is 2. The summed E-state index contributed by atoms with van der Waals surface area (Å²) >= 11 is 0. The van der Waals surface area contributed by atoms with Gasteiger partial charge in [0.05, 0.1) is 37.5 Å². The fourth-order valence-corrected chi connectivity index (χ4v) is 4.15. The molecule has 0 unspecified atom stereocenters. The normalized spacial score (nSPS) is 13.1. The van der Waals surface area contributed by atoms with E-state index < -0.39 is 0 Å². The summed E-state index contributed by atoms with van der Waals surface area (Å²) in [5, 5.41) is 8.58. The first kappa shape index (κ1) is 25.6. The first-order valence-electron chi connectivity index (χ1n) is 12.0. The monoisotopic (exact) mass is 504 g/mol. The summed E-state index contributed by atoms with van der Waals surface area (Å²) in [6, 6.07) is 14.3. The number of methoxy groups -OCH3 is 2. The van der Waals surface area contributed by atoms with Gasteiger partial charge in [0.25, 0.3) is 0 Å². The largest absolute Gasteiger partial charge is 0.495 e. The fourth-order valence-electron chi connectivity index (χ4n) is 4.15. The predicted octanol–water partition coefficient (Wildman–Crippen LogP) is 4.71. The summed E-state index contributed by atoms with van der Waals surface area (Å²) in [5.74, 6) is 2.00. The third-order valence-corrected chi connectivity index (χ3v) is 6.19. The molecule has 0 atom stereocenters. The van der Waals surface area contributed by atoms with Crippen LogP contribution in [0.4, 0.5) is 32.5 Å². The number of nitrogens with one attached hydrogen (secondary N) is 3. The first-order chi connectivity index (χ1) is 17.9. The Kier molecular flexibility index (Phi) is 7.97. The molecule has 1 saturated heterocycles. The van der Waals surface area contributed by atoms with Crippen molar-refractivity contribution < 1.29 is 19.1 Å². The minimum atomic E-state index is -0.386. The Morgan fingerprint density at radius 2 is 1.62 bits per heavy atom. The molecule has 3 N–H and O–H groups in total. The van der Waals surface area contributed by atoms with E-state index in [1.165, 1.54) is 0 Å². The van der Waals surface area contributed by atoms with Gasteiger partial charge in [-0.15, -0.1) is 0 Å². The Labute approximate surface area is 216 Å². The highest BCUT2D eigenvalue weighted by Gasteiger charge is 2.23. The van der Waals surface area contributed by atoms with Crippen LogP contribution in [-0.4, -0.2) is 62.3 Å². The van der Waals surface area contributed by atoms with Crippen LogP contribution in [-0.2, 0) is 0 Å². The van der Waals surface area contributed by atoms with E-state index in [1.807, 2.05) is 56.3 Å². The molecule has 37 heavy (non-hydrogen) atoms. The number of para-hydroxylation sites is 1. The quantitative estimate of drug-likeness (QED) is 0.449. The second-order valence-corrected chi connectivity index (χ2v) is 8.74. The molecule has 0 saturated carbocycles. The van der Waals surface area contributed by atoms with E-state index in [9.17, 15) is 9.59 Å². The topological polar surface area (TPSA) is 108 Å². The highest BCUT2D eigenvalue weighted by atomic mass is 16.5. The number of hydrogen-bond donors (Lipinski definition) is 3. The van der Waals surface area contributed by atoms with Gasteiger partial charge in [-0.25, -0.2) is 14.6 Å². The molecule has 4 amide bonds. The van der Waals surface area contributed by atoms with Crippen molar-refractivity contribution in [1.82, 2.24) is 9.88 Å². The maximum atomic E-state index is 12.8. The average Bonchev–Trinajstić information content (AvgIpc) is 2.90. The predicted molar refractivity (Wildman–Crippen MR) is 145 cm³/mol. The van der Waals surface area contributed by atoms with Crippen LogP contribution >= 0.6 is 0 Å². The summed E-state index contributed by atoms with van der Waals surface area (Å²) in [5.41, 5.74) is 3.79. The van der Waals surface area contributed by atoms with Crippen LogP contribution in [0, 0.1) is 13.8 Å². The van der Waals surface area contributed by atoms with Crippen molar-refractivity contribution in [1.29, 1.82) is 0 Å². The smallest absolute Gasteiger partial charge is 0.323 e. The van der Waals surface area contributed by atoms with Crippen LogP contribution in [0.2, 0.25) is 0 Å². The standard InChI is InChI=1S/C27H32N6O4/c1-18-8-10-22(36-3)21(16-18)30-26(34)29-20-9-11-24(28-17-20)32-12-14-33(15-13-32)27(35)31-25-19(2)6-5-7-23(25)37-4/h5-11,16-17H,12-15H2,1-4H3,(H,31,35)(H2,29,30,34). The molecule has 1 aliphatic heterocycles. The van der Waals surface area contributed by atoms with Crippen molar-refractivity contribution in [3.63, 3.8) is 0 Å². The number of carbonyl (C=O) groups is 2. The van der Waals surface area contributed by atoms with E-state index in [0.29, 0.717) is 54.7 Å². The van der Waals surface area contributed by atoms with Crippen molar-refractivity contribution in [2.75, 3.05) is 61.2 Å². The first-order valence-corrected chi connectivity index (χ1v) is 12.0. The van der Waals surface area contributed by atoms with Crippen LogP contribution in [0.25, 0.3) is 0 Å². The lowest BCUT2D eigenvalue weighted by Gasteiger charge is -2.35. The Balaban J connectivity index is 1.30. The van der Waals surface area contributed by atoms with Gasteiger partial charge in [0.2, 0.25) is 0 Å². The zero-order chi connectivity index (χ0) is 26.4. The van der Waals surface area contributed by atoms with Gasteiger partial charge < -0.3 is 35.2 Å². The van der Waals surface area contributed by atoms with E-state index >= 15 is 0 Å². The van der Waals surface area contributed by atoms with Crippen molar-refractivity contribution in [2.24, 2.45) is 0 Å². The van der Waals surface area contributed by atoms with Crippen LogP contribution in [0.1, 0.15) is 11.1 Å². The van der Waals surface area contributed by atoms with Gasteiger partial charge in [0.15, 0.2) is 0 Å². The molecule has 4 rings (SSSR count). The number of nitrogens with zero attached hydrogens (tertiary/aromatic N) is 3. The molecule has 10 nitrogen and oxygen atoms in total. The number of aromatic nitrogens is 1. The minimum Gasteiger partial charge on any atom is -0.495 e. The van der Waals surface area contributed by atoms with Crippen molar-refractivity contribution >= 4 is 34.9 Å². The lowest BCUT2D eigenvalue weighted by atomic mass is 10.2. The number of rotatable bonds is 6. The Hall–Kier alpha value is -4.47. The van der Waals surface area contributed by atoms with E-state index in [4.69, 9.17) is 9.47 Å². The molecule has 2 aromatic carbocycles. The third-order valence-electron chi connectivity index (χ3n) is 6.19. The van der Waals surface area contributed by atoms with E-state index in [0.717, 1.165) is 16.9 Å². The van der Waals surface area contributed by atoms with Gasteiger partial charge >= 0.3 is 12.1 Å². The molecule has 194 valence electrons. The Morgan fingerprint density at radius 1 is 0.865 bits per heavy atom. The average molecular weight is 505 g/mol. The van der Waals surface area contributed by atoms with Crippen LogP contribution in [0.3, 0.4) is 0 Å². The fraction of sp³-hybridized carbons (Fsp3) is 0.296. The number of benzene rings is 2. The van der Waals surface area contributed by atoms with Gasteiger partial charge in [-0.1, -0.05) is 18.2 Å². The van der Waals surface area contributed by atoms with Gasteiger partial charge in [-0.3, -0.25) is 0 Å². The molecular formula is C27H32N6O4. The number of carbonyl (C=O) groups excluding carboxylic acids is 2. The summed E-state index contributed by atoms with van der Waals surface area (Å²) in [4.78, 5) is 33.7. The molecule has 1 aromatic heterocycles. The molecule has 2 heterocycles. The second-order valence-electron chi connectivity index (χ2n) is 8.74. The van der Waals surface area contributed by atoms with Crippen LogP contribution < -0.4 is 30.3 Å². The highest BCUT2D eigenvalue weighted by molar-refractivity contribution is 6.00.